The molecule has 1 aliphatic carbocycles. The first-order valence-corrected chi connectivity index (χ1v) is 6.33. The lowest BCUT2D eigenvalue weighted by Gasteiger charge is -2.34. The third-order valence-electron chi connectivity index (χ3n) is 2.91. The molecule has 1 aliphatic rings. The van der Waals surface area contributed by atoms with Gasteiger partial charge in [0.1, 0.15) is 0 Å². The van der Waals surface area contributed by atoms with Gasteiger partial charge in [0.05, 0.1) is 45.7 Å². The fraction of sp³-hybridized carbons (Fsp3) is 1.00. The fourth-order valence-corrected chi connectivity index (χ4v) is 1.74. The highest BCUT2D eigenvalue weighted by Crippen LogP contribution is 2.28. The van der Waals surface area contributed by atoms with Crippen molar-refractivity contribution < 1.29 is 18.9 Å². The van der Waals surface area contributed by atoms with Gasteiger partial charge in [-0.1, -0.05) is 0 Å². The molecule has 0 aromatic heterocycles. The first-order valence-electron chi connectivity index (χ1n) is 6.33. The lowest BCUT2D eigenvalue weighted by atomic mass is 9.82. The fourth-order valence-electron chi connectivity index (χ4n) is 1.74. The van der Waals surface area contributed by atoms with Crippen LogP contribution in [0, 0.1) is 5.92 Å². The van der Waals surface area contributed by atoms with Crippen molar-refractivity contribution in [3.05, 3.63) is 0 Å². The van der Waals surface area contributed by atoms with Gasteiger partial charge in [0.25, 0.3) is 0 Å². The van der Waals surface area contributed by atoms with Crippen LogP contribution in [-0.4, -0.2) is 59.4 Å². The molecule has 0 amide bonds. The van der Waals surface area contributed by atoms with Crippen molar-refractivity contribution in [2.45, 2.75) is 18.9 Å². The molecule has 0 aromatic rings. The van der Waals surface area contributed by atoms with Crippen molar-refractivity contribution in [2.24, 2.45) is 11.7 Å². The normalized spacial score (nSPS) is 23.6. The van der Waals surface area contributed by atoms with Crippen LogP contribution in [-0.2, 0) is 18.9 Å². The van der Waals surface area contributed by atoms with Gasteiger partial charge in [-0.2, -0.15) is 0 Å². The van der Waals surface area contributed by atoms with Crippen molar-refractivity contribution in [3.8, 4) is 0 Å². The van der Waals surface area contributed by atoms with E-state index < -0.39 is 0 Å². The molecule has 0 radical (unpaired) electrons. The van der Waals surface area contributed by atoms with Crippen LogP contribution in [0.1, 0.15) is 12.8 Å². The SMILES string of the molecule is COCCOCCOCCOC1CC(CN)C1. The Bertz CT molecular complexity index is 174. The second-order valence-electron chi connectivity index (χ2n) is 4.28. The summed E-state index contributed by atoms with van der Waals surface area (Å²) in [7, 11) is 1.66. The number of ether oxygens (including phenoxy) is 4. The Balaban J connectivity index is 1.71. The average Bonchev–Trinajstić information content (AvgIpc) is 2.29. The molecule has 5 heteroatoms. The number of hydrogen-bond acceptors (Lipinski definition) is 5. The molecule has 0 aromatic carbocycles. The zero-order valence-corrected chi connectivity index (χ0v) is 10.7. The van der Waals surface area contributed by atoms with Gasteiger partial charge in [-0.3, -0.25) is 0 Å². The smallest absolute Gasteiger partial charge is 0.0704 e. The highest BCUT2D eigenvalue weighted by molar-refractivity contribution is 4.80. The van der Waals surface area contributed by atoms with E-state index in [1.165, 1.54) is 0 Å². The van der Waals surface area contributed by atoms with Gasteiger partial charge in [-0.05, 0) is 25.3 Å². The van der Waals surface area contributed by atoms with Crippen molar-refractivity contribution in [1.82, 2.24) is 0 Å². The first kappa shape index (κ1) is 14.9. The highest BCUT2D eigenvalue weighted by atomic mass is 16.6. The Hall–Kier alpha value is -0.200. The van der Waals surface area contributed by atoms with Crippen molar-refractivity contribution in [1.29, 1.82) is 0 Å². The Labute approximate surface area is 104 Å². The van der Waals surface area contributed by atoms with E-state index in [1.54, 1.807) is 7.11 Å². The quantitative estimate of drug-likeness (QED) is 0.536. The minimum absolute atomic E-state index is 0.408. The van der Waals surface area contributed by atoms with Crippen LogP contribution in [0.4, 0.5) is 0 Å². The van der Waals surface area contributed by atoms with E-state index in [-0.39, 0.29) is 0 Å². The number of hydrogen-bond donors (Lipinski definition) is 1. The topological polar surface area (TPSA) is 62.9 Å². The van der Waals surface area contributed by atoms with E-state index in [9.17, 15) is 0 Å². The van der Waals surface area contributed by atoms with Gasteiger partial charge >= 0.3 is 0 Å². The van der Waals surface area contributed by atoms with Crippen LogP contribution in [0.3, 0.4) is 0 Å². The van der Waals surface area contributed by atoms with Crippen LogP contribution < -0.4 is 5.73 Å². The van der Waals surface area contributed by atoms with Gasteiger partial charge in [-0.15, -0.1) is 0 Å². The van der Waals surface area contributed by atoms with E-state index in [2.05, 4.69) is 0 Å². The van der Waals surface area contributed by atoms with E-state index in [0.29, 0.717) is 51.7 Å². The van der Waals surface area contributed by atoms with Crippen LogP contribution in [0.15, 0.2) is 0 Å². The minimum Gasteiger partial charge on any atom is -0.382 e. The zero-order valence-electron chi connectivity index (χ0n) is 10.7. The molecule has 5 nitrogen and oxygen atoms in total. The van der Waals surface area contributed by atoms with E-state index in [0.717, 1.165) is 19.4 Å². The van der Waals surface area contributed by atoms with Crippen LogP contribution in [0.5, 0.6) is 0 Å². The minimum atomic E-state index is 0.408. The van der Waals surface area contributed by atoms with Gasteiger partial charge < -0.3 is 24.7 Å². The molecule has 102 valence electrons. The maximum atomic E-state index is 5.61. The summed E-state index contributed by atoms with van der Waals surface area (Å²) < 4.78 is 21.1. The average molecular weight is 247 g/mol. The molecule has 17 heavy (non-hydrogen) atoms. The third kappa shape index (κ3) is 6.95. The summed E-state index contributed by atoms with van der Waals surface area (Å²) in [6.45, 7) is 4.57. The van der Waals surface area contributed by atoms with Crippen LogP contribution >= 0.6 is 0 Å². The molecule has 1 rings (SSSR count). The molecule has 1 saturated carbocycles. The molecular formula is C12H25NO4. The summed E-state index contributed by atoms with van der Waals surface area (Å²) in [6, 6.07) is 0. The van der Waals surface area contributed by atoms with E-state index >= 15 is 0 Å². The second kappa shape index (κ2) is 9.79. The van der Waals surface area contributed by atoms with Gasteiger partial charge in [0.15, 0.2) is 0 Å². The molecule has 0 aliphatic heterocycles. The van der Waals surface area contributed by atoms with E-state index in [4.69, 9.17) is 24.7 Å². The Kier molecular flexibility index (Phi) is 8.56. The lowest BCUT2D eigenvalue weighted by molar-refractivity contribution is -0.0567. The summed E-state index contributed by atoms with van der Waals surface area (Å²) in [5, 5.41) is 0. The second-order valence-corrected chi connectivity index (χ2v) is 4.28. The first-order chi connectivity index (χ1) is 8.36. The molecule has 1 fully saturated rings. The molecule has 0 heterocycles. The molecule has 0 unspecified atom stereocenters. The summed E-state index contributed by atoms with van der Waals surface area (Å²) in [6.07, 6.45) is 2.62. The van der Waals surface area contributed by atoms with Crippen molar-refractivity contribution >= 4 is 0 Å². The van der Waals surface area contributed by atoms with Crippen molar-refractivity contribution in [2.75, 3.05) is 53.3 Å². The standard InChI is InChI=1S/C12H25NO4/c1-14-2-3-15-4-5-16-6-7-17-12-8-11(9-12)10-13/h11-12H,2-10,13H2,1H3. The van der Waals surface area contributed by atoms with Crippen LogP contribution in [0.25, 0.3) is 0 Å². The molecule has 0 saturated heterocycles. The Morgan fingerprint density at radius 2 is 1.53 bits per heavy atom. The molecule has 0 bridgehead atoms. The Morgan fingerprint density at radius 1 is 0.941 bits per heavy atom. The molecule has 0 spiro atoms. The number of methoxy groups -OCH3 is 1. The summed E-state index contributed by atoms with van der Waals surface area (Å²) in [5.41, 5.74) is 5.54. The molecular weight excluding hydrogens is 222 g/mol. The van der Waals surface area contributed by atoms with Crippen LogP contribution in [0.2, 0.25) is 0 Å². The van der Waals surface area contributed by atoms with Gasteiger partial charge in [0.2, 0.25) is 0 Å². The molecule has 0 atom stereocenters. The zero-order chi connectivity index (χ0) is 12.3. The predicted octanol–water partition coefficient (Wildman–Crippen LogP) is 0.420. The predicted molar refractivity (Wildman–Crippen MR) is 65.0 cm³/mol. The maximum Gasteiger partial charge on any atom is 0.0704 e. The lowest BCUT2D eigenvalue weighted by Crippen LogP contribution is -2.36. The number of rotatable bonds is 11. The monoisotopic (exact) mass is 247 g/mol. The highest BCUT2D eigenvalue weighted by Gasteiger charge is 2.28. The number of nitrogens with two attached hydrogens (primary N) is 1. The summed E-state index contributed by atoms with van der Waals surface area (Å²) in [5.74, 6) is 0.676. The largest absolute Gasteiger partial charge is 0.382 e. The van der Waals surface area contributed by atoms with Gasteiger partial charge in [0, 0.05) is 7.11 Å². The Morgan fingerprint density at radius 3 is 2.12 bits per heavy atom. The molecule has 2 N–H and O–H groups in total. The summed E-state index contributed by atoms with van der Waals surface area (Å²) in [4.78, 5) is 0. The maximum absolute atomic E-state index is 5.61. The van der Waals surface area contributed by atoms with E-state index in [1.807, 2.05) is 0 Å². The van der Waals surface area contributed by atoms with Gasteiger partial charge in [-0.25, -0.2) is 0 Å². The van der Waals surface area contributed by atoms with Crippen molar-refractivity contribution in [3.63, 3.8) is 0 Å². The summed E-state index contributed by atoms with van der Waals surface area (Å²) >= 11 is 0. The third-order valence-corrected chi connectivity index (χ3v) is 2.91.